The van der Waals surface area contributed by atoms with Gasteiger partial charge in [0.2, 0.25) is 0 Å². The number of rotatable bonds is 4. The molecule has 2 atom stereocenters. The summed E-state index contributed by atoms with van der Waals surface area (Å²) in [6.45, 7) is 3.28. The maximum atomic E-state index is 6.04. The molecule has 0 aliphatic heterocycles. The maximum Gasteiger partial charge on any atom is 0.0408 e. The lowest BCUT2D eigenvalue weighted by Crippen LogP contribution is -2.39. The molecule has 2 unspecified atom stereocenters. The van der Waals surface area contributed by atoms with Crippen molar-refractivity contribution in [3.63, 3.8) is 0 Å². The third-order valence-corrected chi connectivity index (χ3v) is 4.00. The van der Waals surface area contributed by atoms with Crippen LogP contribution in [-0.2, 0) is 6.42 Å². The van der Waals surface area contributed by atoms with E-state index in [4.69, 9.17) is 11.6 Å². The van der Waals surface area contributed by atoms with Crippen molar-refractivity contribution in [1.29, 1.82) is 0 Å². The summed E-state index contributed by atoms with van der Waals surface area (Å²) in [6.07, 6.45) is 6.61. The topological polar surface area (TPSA) is 12.0 Å². The number of hydrogen-bond acceptors (Lipinski definition) is 1. The molecule has 1 N–H and O–H groups in total. The first-order valence-corrected chi connectivity index (χ1v) is 7.15. The van der Waals surface area contributed by atoms with Crippen LogP contribution in [0.15, 0.2) is 24.3 Å². The van der Waals surface area contributed by atoms with Gasteiger partial charge in [-0.25, -0.2) is 0 Å². The lowest BCUT2D eigenvalue weighted by Gasteiger charge is -2.32. The van der Waals surface area contributed by atoms with Crippen LogP contribution in [-0.4, -0.2) is 12.6 Å². The van der Waals surface area contributed by atoms with Gasteiger partial charge < -0.3 is 5.32 Å². The van der Waals surface area contributed by atoms with Gasteiger partial charge in [0.25, 0.3) is 0 Å². The highest BCUT2D eigenvalue weighted by atomic mass is 35.5. The van der Waals surface area contributed by atoms with E-state index in [1.165, 1.54) is 31.2 Å². The Morgan fingerprint density at radius 1 is 1.29 bits per heavy atom. The van der Waals surface area contributed by atoms with Gasteiger partial charge in [0.05, 0.1) is 0 Å². The second kappa shape index (κ2) is 6.42. The van der Waals surface area contributed by atoms with E-state index in [2.05, 4.69) is 30.4 Å². The number of benzene rings is 1. The fourth-order valence-corrected chi connectivity index (χ4v) is 3.16. The van der Waals surface area contributed by atoms with Crippen LogP contribution in [0.2, 0.25) is 5.02 Å². The summed E-state index contributed by atoms with van der Waals surface area (Å²) < 4.78 is 0. The van der Waals surface area contributed by atoms with Crippen molar-refractivity contribution < 1.29 is 0 Å². The highest BCUT2D eigenvalue weighted by Crippen LogP contribution is 2.28. The van der Waals surface area contributed by atoms with E-state index in [9.17, 15) is 0 Å². The van der Waals surface area contributed by atoms with Gasteiger partial charge in [0.1, 0.15) is 0 Å². The minimum Gasteiger partial charge on any atom is -0.314 e. The summed E-state index contributed by atoms with van der Waals surface area (Å²) in [7, 11) is 0. The molecular formula is C15H22ClN. The average Bonchev–Trinajstić information content (AvgIpc) is 2.32. The molecular weight excluding hydrogens is 230 g/mol. The van der Waals surface area contributed by atoms with E-state index in [-0.39, 0.29) is 0 Å². The highest BCUT2D eigenvalue weighted by Gasteiger charge is 2.24. The first-order chi connectivity index (χ1) is 8.29. The van der Waals surface area contributed by atoms with E-state index >= 15 is 0 Å². The molecule has 17 heavy (non-hydrogen) atoms. The molecule has 0 bridgehead atoms. The van der Waals surface area contributed by atoms with E-state index < -0.39 is 0 Å². The third kappa shape index (κ3) is 3.72. The van der Waals surface area contributed by atoms with E-state index in [0.717, 1.165) is 23.9 Å². The van der Waals surface area contributed by atoms with E-state index in [1.54, 1.807) is 0 Å². The first-order valence-electron chi connectivity index (χ1n) is 6.77. The zero-order chi connectivity index (χ0) is 12.1. The molecule has 0 radical (unpaired) electrons. The average molecular weight is 252 g/mol. The Labute approximate surface area is 110 Å². The van der Waals surface area contributed by atoms with Gasteiger partial charge in [0, 0.05) is 11.1 Å². The van der Waals surface area contributed by atoms with Crippen molar-refractivity contribution in [3.05, 3.63) is 34.9 Å². The summed E-state index contributed by atoms with van der Waals surface area (Å²) in [4.78, 5) is 0. The van der Waals surface area contributed by atoms with Crippen LogP contribution in [0.3, 0.4) is 0 Å². The number of nitrogens with one attached hydrogen (secondary N) is 1. The van der Waals surface area contributed by atoms with E-state index in [0.29, 0.717) is 6.04 Å². The van der Waals surface area contributed by atoms with Gasteiger partial charge >= 0.3 is 0 Å². The Bertz CT molecular complexity index is 349. The monoisotopic (exact) mass is 251 g/mol. The summed E-state index contributed by atoms with van der Waals surface area (Å²) >= 11 is 6.04. The fraction of sp³-hybridized carbons (Fsp3) is 0.600. The summed E-state index contributed by atoms with van der Waals surface area (Å²) in [5.74, 6) is 0.780. The third-order valence-electron chi connectivity index (χ3n) is 3.76. The van der Waals surface area contributed by atoms with Gasteiger partial charge in [0.15, 0.2) is 0 Å². The quantitative estimate of drug-likeness (QED) is 0.851. The molecule has 0 amide bonds. The molecule has 1 aromatic rings. The highest BCUT2D eigenvalue weighted by molar-refractivity contribution is 6.30. The van der Waals surface area contributed by atoms with Crippen LogP contribution in [0.4, 0.5) is 0 Å². The second-order valence-corrected chi connectivity index (χ2v) is 5.48. The van der Waals surface area contributed by atoms with E-state index in [1.807, 2.05) is 6.07 Å². The molecule has 1 aromatic carbocycles. The lowest BCUT2D eigenvalue weighted by molar-refractivity contribution is 0.264. The molecule has 0 spiro atoms. The van der Waals surface area contributed by atoms with Crippen LogP contribution < -0.4 is 5.32 Å². The van der Waals surface area contributed by atoms with Crippen LogP contribution in [0, 0.1) is 5.92 Å². The smallest absolute Gasteiger partial charge is 0.0408 e. The largest absolute Gasteiger partial charge is 0.314 e. The molecule has 0 saturated heterocycles. The molecule has 1 aliphatic carbocycles. The molecule has 0 heterocycles. The zero-order valence-corrected chi connectivity index (χ0v) is 11.3. The Hall–Kier alpha value is -0.530. The van der Waals surface area contributed by atoms with Crippen molar-refractivity contribution in [3.8, 4) is 0 Å². The Morgan fingerprint density at radius 3 is 2.88 bits per heavy atom. The van der Waals surface area contributed by atoms with Gasteiger partial charge in [-0.3, -0.25) is 0 Å². The summed E-state index contributed by atoms with van der Waals surface area (Å²) in [5, 5.41) is 4.50. The van der Waals surface area contributed by atoms with Crippen LogP contribution in [0.1, 0.15) is 38.2 Å². The zero-order valence-electron chi connectivity index (χ0n) is 10.6. The van der Waals surface area contributed by atoms with Crippen LogP contribution in [0.5, 0.6) is 0 Å². The summed E-state index contributed by atoms with van der Waals surface area (Å²) in [6, 6.07) is 9.02. The Morgan fingerprint density at radius 2 is 2.12 bits per heavy atom. The normalized spacial score (nSPS) is 24.8. The van der Waals surface area contributed by atoms with Gasteiger partial charge in [-0.2, -0.15) is 0 Å². The summed E-state index contributed by atoms with van der Waals surface area (Å²) in [5.41, 5.74) is 1.38. The predicted octanol–water partition coefficient (Wildman–Crippen LogP) is 4.05. The van der Waals surface area contributed by atoms with Gasteiger partial charge in [-0.15, -0.1) is 0 Å². The maximum absolute atomic E-state index is 6.04. The van der Waals surface area contributed by atoms with Crippen molar-refractivity contribution in [2.75, 3.05) is 6.54 Å². The molecule has 1 saturated carbocycles. The minimum atomic E-state index is 0.702. The molecule has 1 fully saturated rings. The molecule has 2 rings (SSSR count). The molecule has 94 valence electrons. The van der Waals surface area contributed by atoms with Crippen molar-refractivity contribution in [2.24, 2.45) is 5.92 Å². The molecule has 2 heteroatoms. The standard InChI is InChI=1S/C15H22ClN/c1-2-17-15-9-4-3-7-13(15)10-12-6-5-8-14(16)11-12/h5-6,8,11,13,15,17H,2-4,7,9-10H2,1H3. The van der Waals surface area contributed by atoms with Gasteiger partial charge in [-0.05, 0) is 49.4 Å². The number of halogens is 1. The fourth-order valence-electron chi connectivity index (χ4n) is 2.95. The SMILES string of the molecule is CCNC1CCCCC1Cc1cccc(Cl)c1. The van der Waals surface area contributed by atoms with Crippen molar-refractivity contribution in [2.45, 2.75) is 45.1 Å². The van der Waals surface area contributed by atoms with Crippen LogP contribution in [0.25, 0.3) is 0 Å². The molecule has 1 aliphatic rings. The molecule has 1 nitrogen and oxygen atoms in total. The Kier molecular flexibility index (Phi) is 4.87. The lowest BCUT2D eigenvalue weighted by atomic mass is 9.80. The Balaban J connectivity index is 2.00. The minimum absolute atomic E-state index is 0.702. The first kappa shape index (κ1) is 12.9. The predicted molar refractivity (Wildman–Crippen MR) is 74.6 cm³/mol. The molecule has 0 aromatic heterocycles. The van der Waals surface area contributed by atoms with Crippen molar-refractivity contribution >= 4 is 11.6 Å². The number of hydrogen-bond donors (Lipinski definition) is 1. The van der Waals surface area contributed by atoms with Crippen molar-refractivity contribution in [1.82, 2.24) is 5.32 Å². The second-order valence-electron chi connectivity index (χ2n) is 5.04. The van der Waals surface area contributed by atoms with Crippen LogP contribution >= 0.6 is 11.6 Å². The van der Waals surface area contributed by atoms with Gasteiger partial charge in [-0.1, -0.05) is 43.5 Å².